The zero-order valence-corrected chi connectivity index (χ0v) is 13.4. The number of aromatic nitrogens is 1. The molecule has 0 aliphatic heterocycles. The molecule has 1 aliphatic carbocycles. The van der Waals surface area contributed by atoms with Gasteiger partial charge in [0.05, 0.1) is 10.7 Å². The van der Waals surface area contributed by atoms with Crippen molar-refractivity contribution in [2.45, 2.75) is 65.8 Å². The average molecular weight is 266 g/mol. The second-order valence-electron chi connectivity index (χ2n) is 7.24. The molecule has 2 rings (SSSR count). The Morgan fingerprint density at radius 3 is 2.61 bits per heavy atom. The van der Waals surface area contributed by atoms with Crippen LogP contribution in [0.15, 0.2) is 0 Å². The topological polar surface area (TPSA) is 24.9 Å². The van der Waals surface area contributed by atoms with Gasteiger partial charge in [-0.15, -0.1) is 11.3 Å². The third-order valence-corrected chi connectivity index (χ3v) is 5.18. The van der Waals surface area contributed by atoms with Gasteiger partial charge in [-0.2, -0.15) is 0 Å². The zero-order chi connectivity index (χ0) is 13.6. The highest BCUT2D eigenvalue weighted by molar-refractivity contribution is 7.12. The molecule has 1 aromatic rings. The molecule has 0 saturated carbocycles. The Balaban J connectivity index is 2.39. The SMILES string of the molecule is CCNC1CC(C)(C)Cc2nc(C(C)(C)C)sc21. The Labute approximate surface area is 115 Å². The van der Waals surface area contributed by atoms with Gasteiger partial charge in [0.25, 0.3) is 0 Å². The molecule has 0 spiro atoms. The molecule has 1 aromatic heterocycles. The molecule has 18 heavy (non-hydrogen) atoms. The van der Waals surface area contributed by atoms with Crippen LogP contribution in [0.2, 0.25) is 0 Å². The van der Waals surface area contributed by atoms with Crippen LogP contribution >= 0.6 is 11.3 Å². The molecule has 0 bridgehead atoms. The number of hydrogen-bond donors (Lipinski definition) is 1. The van der Waals surface area contributed by atoms with Crippen LogP contribution in [0.25, 0.3) is 0 Å². The van der Waals surface area contributed by atoms with Crippen molar-refractivity contribution in [2.75, 3.05) is 6.54 Å². The first-order chi connectivity index (χ1) is 8.23. The Kier molecular flexibility index (Phi) is 3.58. The van der Waals surface area contributed by atoms with Gasteiger partial charge in [-0.3, -0.25) is 0 Å². The van der Waals surface area contributed by atoms with Gasteiger partial charge in [0, 0.05) is 16.3 Å². The number of thiazole rings is 1. The first-order valence-corrected chi connectivity index (χ1v) is 7.78. The van der Waals surface area contributed by atoms with E-state index in [2.05, 4.69) is 46.9 Å². The van der Waals surface area contributed by atoms with Crippen LogP contribution < -0.4 is 5.32 Å². The zero-order valence-electron chi connectivity index (χ0n) is 12.6. The highest BCUT2D eigenvalue weighted by atomic mass is 32.1. The standard InChI is InChI=1S/C15H26N2S/c1-7-16-10-8-15(5,6)9-11-12(10)18-13(17-11)14(2,3)4/h10,16H,7-9H2,1-6H3. The van der Waals surface area contributed by atoms with E-state index < -0.39 is 0 Å². The summed E-state index contributed by atoms with van der Waals surface area (Å²) in [7, 11) is 0. The molecular formula is C15H26N2S. The number of nitrogens with zero attached hydrogens (tertiary/aromatic N) is 1. The first kappa shape index (κ1) is 14.0. The predicted octanol–water partition coefficient (Wildman–Crippen LogP) is 4.06. The van der Waals surface area contributed by atoms with Crippen molar-refractivity contribution in [1.82, 2.24) is 10.3 Å². The summed E-state index contributed by atoms with van der Waals surface area (Å²) in [6.45, 7) is 14.7. The summed E-state index contributed by atoms with van der Waals surface area (Å²) in [5.74, 6) is 0. The molecule has 1 unspecified atom stereocenters. The lowest BCUT2D eigenvalue weighted by molar-refractivity contribution is 0.260. The van der Waals surface area contributed by atoms with Crippen LogP contribution in [0, 0.1) is 5.41 Å². The van der Waals surface area contributed by atoms with Crippen LogP contribution in [-0.2, 0) is 11.8 Å². The molecule has 2 nitrogen and oxygen atoms in total. The fourth-order valence-electron chi connectivity index (χ4n) is 2.67. The molecule has 102 valence electrons. The molecule has 0 fully saturated rings. The van der Waals surface area contributed by atoms with Gasteiger partial charge in [0.1, 0.15) is 0 Å². The quantitative estimate of drug-likeness (QED) is 0.873. The molecule has 1 heterocycles. The van der Waals surface area contributed by atoms with Gasteiger partial charge in [-0.05, 0) is 24.8 Å². The number of fused-ring (bicyclic) bond motifs is 1. The van der Waals surface area contributed by atoms with Crippen molar-refractivity contribution in [1.29, 1.82) is 0 Å². The highest BCUT2D eigenvalue weighted by Gasteiger charge is 2.35. The Hall–Kier alpha value is -0.410. The van der Waals surface area contributed by atoms with Crippen molar-refractivity contribution in [3.05, 3.63) is 15.6 Å². The maximum atomic E-state index is 4.93. The maximum absolute atomic E-state index is 4.93. The summed E-state index contributed by atoms with van der Waals surface area (Å²) in [4.78, 5) is 6.42. The van der Waals surface area contributed by atoms with E-state index in [4.69, 9.17) is 4.98 Å². The van der Waals surface area contributed by atoms with Gasteiger partial charge in [-0.25, -0.2) is 4.98 Å². The van der Waals surface area contributed by atoms with E-state index in [-0.39, 0.29) is 5.41 Å². The molecular weight excluding hydrogens is 240 g/mol. The second kappa shape index (κ2) is 4.61. The monoisotopic (exact) mass is 266 g/mol. The largest absolute Gasteiger partial charge is 0.309 e. The van der Waals surface area contributed by atoms with Gasteiger partial charge < -0.3 is 5.32 Å². The van der Waals surface area contributed by atoms with E-state index in [9.17, 15) is 0 Å². The Morgan fingerprint density at radius 1 is 1.39 bits per heavy atom. The van der Waals surface area contributed by atoms with Crippen LogP contribution in [0.5, 0.6) is 0 Å². The van der Waals surface area contributed by atoms with Crippen LogP contribution in [0.4, 0.5) is 0 Å². The Morgan fingerprint density at radius 2 is 2.06 bits per heavy atom. The molecule has 0 radical (unpaired) electrons. The normalized spacial score (nSPS) is 22.9. The predicted molar refractivity (Wildman–Crippen MR) is 79.3 cm³/mol. The third-order valence-electron chi connectivity index (χ3n) is 3.54. The Bertz CT molecular complexity index is 426. The fourth-order valence-corrected chi connectivity index (χ4v) is 3.88. The minimum Gasteiger partial charge on any atom is -0.309 e. The van der Waals surface area contributed by atoms with Crippen molar-refractivity contribution in [3.8, 4) is 0 Å². The second-order valence-corrected chi connectivity index (χ2v) is 8.27. The molecule has 0 amide bonds. The maximum Gasteiger partial charge on any atom is 0.0985 e. The van der Waals surface area contributed by atoms with Crippen LogP contribution in [0.1, 0.15) is 69.6 Å². The highest BCUT2D eigenvalue weighted by Crippen LogP contribution is 2.44. The average Bonchev–Trinajstić information content (AvgIpc) is 2.59. The summed E-state index contributed by atoms with van der Waals surface area (Å²) in [5, 5.41) is 4.92. The molecule has 1 atom stereocenters. The molecule has 0 saturated heterocycles. The molecule has 1 N–H and O–H groups in total. The number of rotatable bonds is 2. The van der Waals surface area contributed by atoms with Gasteiger partial charge >= 0.3 is 0 Å². The lowest BCUT2D eigenvalue weighted by Crippen LogP contribution is -2.32. The minimum atomic E-state index is 0.170. The van der Waals surface area contributed by atoms with Gasteiger partial charge in [0.15, 0.2) is 0 Å². The number of hydrogen-bond acceptors (Lipinski definition) is 3. The number of nitrogens with one attached hydrogen (secondary N) is 1. The van der Waals surface area contributed by atoms with E-state index in [1.165, 1.54) is 22.0 Å². The van der Waals surface area contributed by atoms with E-state index in [1.807, 2.05) is 11.3 Å². The van der Waals surface area contributed by atoms with Gasteiger partial charge in [0.2, 0.25) is 0 Å². The van der Waals surface area contributed by atoms with E-state index in [0.29, 0.717) is 11.5 Å². The molecule has 0 aromatic carbocycles. The van der Waals surface area contributed by atoms with Gasteiger partial charge in [-0.1, -0.05) is 41.5 Å². The van der Waals surface area contributed by atoms with Crippen LogP contribution in [0.3, 0.4) is 0 Å². The molecule has 3 heteroatoms. The smallest absolute Gasteiger partial charge is 0.0985 e. The van der Waals surface area contributed by atoms with E-state index >= 15 is 0 Å². The lowest BCUT2D eigenvalue weighted by Gasteiger charge is -2.34. The lowest BCUT2D eigenvalue weighted by atomic mass is 9.76. The van der Waals surface area contributed by atoms with E-state index in [1.54, 1.807) is 0 Å². The minimum absolute atomic E-state index is 0.170. The molecule has 1 aliphatic rings. The first-order valence-electron chi connectivity index (χ1n) is 6.96. The van der Waals surface area contributed by atoms with Crippen LogP contribution in [-0.4, -0.2) is 11.5 Å². The van der Waals surface area contributed by atoms with Crippen molar-refractivity contribution < 1.29 is 0 Å². The summed E-state index contributed by atoms with van der Waals surface area (Å²) in [6, 6.07) is 0.502. The summed E-state index contributed by atoms with van der Waals surface area (Å²) >= 11 is 1.92. The summed E-state index contributed by atoms with van der Waals surface area (Å²) in [5.41, 5.74) is 1.87. The summed E-state index contributed by atoms with van der Waals surface area (Å²) < 4.78 is 0. The summed E-state index contributed by atoms with van der Waals surface area (Å²) in [6.07, 6.45) is 2.34. The van der Waals surface area contributed by atoms with Crippen molar-refractivity contribution >= 4 is 11.3 Å². The fraction of sp³-hybridized carbons (Fsp3) is 0.800. The van der Waals surface area contributed by atoms with Crippen molar-refractivity contribution in [2.24, 2.45) is 5.41 Å². The van der Waals surface area contributed by atoms with Crippen molar-refractivity contribution in [3.63, 3.8) is 0 Å². The third kappa shape index (κ3) is 2.77. The van der Waals surface area contributed by atoms with E-state index in [0.717, 1.165) is 13.0 Å².